The number of Topliss-reactive ketones (excluding diaryl/α,β-unsaturated/α-hetero) is 1. The number of carbonyl (C=O) groups excluding carboxylic acids is 2. The van der Waals surface area contributed by atoms with Gasteiger partial charge in [0.1, 0.15) is 12.2 Å². The lowest BCUT2D eigenvalue weighted by Crippen LogP contribution is -2.37. The molecule has 2 unspecified atom stereocenters. The summed E-state index contributed by atoms with van der Waals surface area (Å²) in [6.07, 6.45) is -4.90. The molecule has 5 nitrogen and oxygen atoms in total. The largest absolute Gasteiger partial charge is 0.490 e. The van der Waals surface area contributed by atoms with Gasteiger partial charge in [0.25, 0.3) is 0 Å². The Bertz CT molecular complexity index is 365. The molecular weight excluding hydrogens is 267 g/mol. The van der Waals surface area contributed by atoms with E-state index in [1.165, 1.54) is 0 Å². The van der Waals surface area contributed by atoms with Crippen LogP contribution in [0.3, 0.4) is 0 Å². The van der Waals surface area contributed by atoms with E-state index >= 15 is 0 Å². The maximum absolute atomic E-state index is 11.9. The first kappa shape index (κ1) is 15.9. The smallest absolute Gasteiger partial charge is 0.457 e. The van der Waals surface area contributed by atoms with Crippen LogP contribution in [0.1, 0.15) is 20.3 Å². The molecule has 1 aliphatic heterocycles. The molecule has 0 aromatic heterocycles. The Morgan fingerprint density at radius 3 is 2.42 bits per heavy atom. The summed E-state index contributed by atoms with van der Waals surface area (Å²) in [4.78, 5) is 22.3. The molecule has 0 aromatic carbocycles. The van der Waals surface area contributed by atoms with Gasteiger partial charge in [0.05, 0.1) is 6.61 Å². The SMILES string of the molecule is CC(CC(N)COC(=O)C(F)(F)F)C(=O)[C@@]1(C)CO1. The first-order chi connectivity index (χ1) is 8.56. The Hall–Kier alpha value is -1.15. The third-order valence-electron chi connectivity index (χ3n) is 2.86. The molecule has 1 saturated heterocycles. The quantitative estimate of drug-likeness (QED) is 0.576. The molecule has 1 aliphatic rings. The highest BCUT2D eigenvalue weighted by molar-refractivity contribution is 5.91. The number of alkyl halides is 3. The molecule has 19 heavy (non-hydrogen) atoms. The normalized spacial score (nSPS) is 25.6. The Morgan fingerprint density at radius 1 is 1.47 bits per heavy atom. The number of nitrogens with two attached hydrogens (primary N) is 1. The van der Waals surface area contributed by atoms with E-state index in [-0.39, 0.29) is 12.2 Å². The summed E-state index contributed by atoms with van der Waals surface area (Å²) in [5.74, 6) is -2.89. The van der Waals surface area contributed by atoms with Gasteiger partial charge in [0.2, 0.25) is 0 Å². The number of ether oxygens (including phenoxy) is 2. The second kappa shape index (κ2) is 5.46. The standard InChI is InChI=1S/C11H16F3NO4/c1-6(8(16)10(2)5-19-10)3-7(15)4-18-9(17)11(12,13)14/h6-7H,3-5,15H2,1-2H3/t6?,7?,10-/m1/s1. The van der Waals surface area contributed by atoms with Crippen LogP contribution in [0.15, 0.2) is 0 Å². The Morgan fingerprint density at radius 2 is 2.00 bits per heavy atom. The average Bonchev–Trinajstić information content (AvgIpc) is 3.03. The summed E-state index contributed by atoms with van der Waals surface area (Å²) in [6, 6.07) is -0.826. The van der Waals surface area contributed by atoms with E-state index < -0.39 is 36.3 Å². The number of halogens is 3. The zero-order valence-corrected chi connectivity index (χ0v) is 10.6. The molecule has 3 atom stereocenters. The Kier molecular flexibility index (Phi) is 4.57. The van der Waals surface area contributed by atoms with Crippen molar-refractivity contribution < 1.29 is 32.2 Å². The molecule has 2 N–H and O–H groups in total. The molecule has 8 heteroatoms. The number of esters is 1. The number of carbonyl (C=O) groups is 2. The van der Waals surface area contributed by atoms with Crippen molar-refractivity contribution in [2.45, 2.75) is 38.1 Å². The first-order valence-corrected chi connectivity index (χ1v) is 5.74. The van der Waals surface area contributed by atoms with Crippen molar-refractivity contribution in [2.24, 2.45) is 11.7 Å². The Balaban J connectivity index is 2.33. The monoisotopic (exact) mass is 283 g/mol. The van der Waals surface area contributed by atoms with Crippen molar-refractivity contribution in [3.8, 4) is 0 Å². The van der Waals surface area contributed by atoms with Gasteiger partial charge in [-0.3, -0.25) is 4.79 Å². The van der Waals surface area contributed by atoms with Crippen LogP contribution in [-0.2, 0) is 19.1 Å². The fraction of sp³-hybridized carbons (Fsp3) is 0.818. The van der Waals surface area contributed by atoms with Gasteiger partial charge in [-0.2, -0.15) is 13.2 Å². The lowest BCUT2D eigenvalue weighted by Gasteiger charge is -2.18. The van der Waals surface area contributed by atoms with Crippen LogP contribution in [-0.4, -0.2) is 42.8 Å². The van der Waals surface area contributed by atoms with Gasteiger partial charge in [-0.1, -0.05) is 6.92 Å². The molecule has 0 amide bonds. The molecule has 0 radical (unpaired) electrons. The molecule has 1 fully saturated rings. The van der Waals surface area contributed by atoms with Crippen molar-refractivity contribution in [3.05, 3.63) is 0 Å². The fourth-order valence-corrected chi connectivity index (χ4v) is 1.67. The molecule has 0 bridgehead atoms. The fourth-order valence-electron chi connectivity index (χ4n) is 1.67. The van der Waals surface area contributed by atoms with Gasteiger partial charge in [-0.15, -0.1) is 0 Å². The number of epoxide rings is 1. The third kappa shape index (κ3) is 4.46. The van der Waals surface area contributed by atoms with E-state index in [4.69, 9.17) is 10.5 Å². The van der Waals surface area contributed by atoms with E-state index in [9.17, 15) is 22.8 Å². The van der Waals surface area contributed by atoms with Gasteiger partial charge < -0.3 is 15.2 Å². The minimum Gasteiger partial charge on any atom is -0.457 e. The lowest BCUT2D eigenvalue weighted by molar-refractivity contribution is -0.200. The average molecular weight is 283 g/mol. The number of hydrogen-bond donors (Lipinski definition) is 1. The van der Waals surface area contributed by atoms with Crippen LogP contribution in [0.25, 0.3) is 0 Å². The molecule has 0 aliphatic carbocycles. The van der Waals surface area contributed by atoms with Crippen molar-refractivity contribution in [1.82, 2.24) is 0 Å². The van der Waals surface area contributed by atoms with Crippen molar-refractivity contribution in [1.29, 1.82) is 0 Å². The predicted molar refractivity (Wildman–Crippen MR) is 58.1 cm³/mol. The minimum atomic E-state index is -5.03. The minimum absolute atomic E-state index is 0.128. The van der Waals surface area contributed by atoms with Crippen LogP contribution < -0.4 is 5.73 Å². The van der Waals surface area contributed by atoms with Gasteiger partial charge in [0.15, 0.2) is 5.78 Å². The van der Waals surface area contributed by atoms with Crippen molar-refractivity contribution in [3.63, 3.8) is 0 Å². The third-order valence-corrected chi connectivity index (χ3v) is 2.86. The summed E-state index contributed by atoms with van der Waals surface area (Å²) in [7, 11) is 0. The molecule has 110 valence electrons. The van der Waals surface area contributed by atoms with Crippen molar-refractivity contribution in [2.75, 3.05) is 13.2 Å². The van der Waals surface area contributed by atoms with Gasteiger partial charge in [0, 0.05) is 12.0 Å². The predicted octanol–water partition coefficient (Wildman–Crippen LogP) is 0.803. The van der Waals surface area contributed by atoms with E-state index in [0.29, 0.717) is 6.61 Å². The zero-order chi connectivity index (χ0) is 14.8. The molecule has 1 heterocycles. The van der Waals surface area contributed by atoms with E-state index in [1.54, 1.807) is 13.8 Å². The molecule has 1 rings (SSSR count). The Labute approximate surface area is 108 Å². The number of hydrogen-bond acceptors (Lipinski definition) is 5. The van der Waals surface area contributed by atoms with E-state index in [1.807, 2.05) is 0 Å². The second-order valence-electron chi connectivity index (χ2n) is 4.88. The van der Waals surface area contributed by atoms with Crippen LogP contribution in [0, 0.1) is 5.92 Å². The van der Waals surface area contributed by atoms with Crippen LogP contribution in [0.2, 0.25) is 0 Å². The van der Waals surface area contributed by atoms with Gasteiger partial charge in [-0.05, 0) is 13.3 Å². The van der Waals surface area contributed by atoms with E-state index in [2.05, 4.69) is 4.74 Å². The number of rotatable bonds is 6. The highest BCUT2D eigenvalue weighted by Gasteiger charge is 2.48. The summed E-state index contributed by atoms with van der Waals surface area (Å²) >= 11 is 0. The second-order valence-corrected chi connectivity index (χ2v) is 4.88. The molecule has 0 aromatic rings. The maximum Gasteiger partial charge on any atom is 0.490 e. The maximum atomic E-state index is 11.9. The topological polar surface area (TPSA) is 81.9 Å². The highest BCUT2D eigenvalue weighted by Crippen LogP contribution is 2.31. The van der Waals surface area contributed by atoms with Crippen LogP contribution in [0.5, 0.6) is 0 Å². The summed E-state index contributed by atoms with van der Waals surface area (Å²) in [6.45, 7) is 3.02. The van der Waals surface area contributed by atoms with Gasteiger partial charge in [-0.25, -0.2) is 4.79 Å². The molecule has 0 spiro atoms. The van der Waals surface area contributed by atoms with Crippen LogP contribution >= 0.6 is 0 Å². The van der Waals surface area contributed by atoms with Crippen LogP contribution in [0.4, 0.5) is 13.2 Å². The summed E-state index contributed by atoms with van der Waals surface area (Å²) < 4.78 is 44.6. The lowest BCUT2D eigenvalue weighted by atomic mass is 9.91. The number of ketones is 1. The summed E-state index contributed by atoms with van der Waals surface area (Å²) in [5, 5.41) is 0. The molecular formula is C11H16F3NO4. The highest BCUT2D eigenvalue weighted by atomic mass is 19.4. The summed E-state index contributed by atoms with van der Waals surface area (Å²) in [5.41, 5.74) is 4.74. The van der Waals surface area contributed by atoms with E-state index in [0.717, 1.165) is 0 Å². The molecule has 0 saturated carbocycles. The zero-order valence-electron chi connectivity index (χ0n) is 10.6. The van der Waals surface area contributed by atoms with Crippen molar-refractivity contribution >= 4 is 11.8 Å². The van der Waals surface area contributed by atoms with Gasteiger partial charge >= 0.3 is 12.1 Å². The first-order valence-electron chi connectivity index (χ1n) is 5.74.